The number of carbonyl (C=O) groups is 1. The monoisotopic (exact) mass is 275 g/mol. The summed E-state index contributed by atoms with van der Waals surface area (Å²) in [7, 11) is 1.83. The number of phenols is 1. The molecular formula is C13H13N3O4. The van der Waals surface area contributed by atoms with E-state index in [2.05, 4.69) is 5.32 Å². The van der Waals surface area contributed by atoms with Crippen LogP contribution in [-0.2, 0) is 13.6 Å². The van der Waals surface area contributed by atoms with E-state index in [0.717, 1.165) is 17.8 Å². The number of aromatic hydroxyl groups is 1. The van der Waals surface area contributed by atoms with Gasteiger partial charge < -0.3 is 15.0 Å². The fourth-order valence-electron chi connectivity index (χ4n) is 1.81. The van der Waals surface area contributed by atoms with Gasteiger partial charge in [-0.25, -0.2) is 0 Å². The van der Waals surface area contributed by atoms with Crippen LogP contribution in [0.15, 0.2) is 36.5 Å². The predicted octanol–water partition coefficient (Wildman–Crippen LogP) is 1.57. The third kappa shape index (κ3) is 2.77. The first kappa shape index (κ1) is 13.6. The smallest absolute Gasteiger partial charge is 0.282 e. The topological polar surface area (TPSA) is 97.4 Å². The molecule has 0 spiro atoms. The maximum atomic E-state index is 12.0. The molecule has 1 aromatic carbocycles. The Balaban J connectivity index is 2.19. The number of nitrogens with one attached hydrogen (secondary N) is 1. The molecule has 1 amide bonds. The molecule has 0 aliphatic carbocycles. The highest BCUT2D eigenvalue weighted by molar-refractivity contribution is 5.98. The van der Waals surface area contributed by atoms with Gasteiger partial charge in [0.15, 0.2) is 0 Å². The summed E-state index contributed by atoms with van der Waals surface area (Å²) in [5.41, 5.74) is 0.359. The number of nitrogens with zero attached hydrogens (tertiary/aromatic N) is 2. The summed E-state index contributed by atoms with van der Waals surface area (Å²) >= 11 is 0. The van der Waals surface area contributed by atoms with Crippen molar-refractivity contribution in [2.45, 2.75) is 6.54 Å². The van der Waals surface area contributed by atoms with Crippen LogP contribution in [-0.4, -0.2) is 20.5 Å². The zero-order valence-corrected chi connectivity index (χ0v) is 10.7. The number of nitro benzene ring substituents is 1. The van der Waals surface area contributed by atoms with Crippen LogP contribution < -0.4 is 5.32 Å². The molecule has 20 heavy (non-hydrogen) atoms. The number of hydrogen-bond acceptors (Lipinski definition) is 4. The second-order valence-corrected chi connectivity index (χ2v) is 4.25. The molecule has 0 radical (unpaired) electrons. The van der Waals surface area contributed by atoms with Gasteiger partial charge in [0.25, 0.3) is 11.6 Å². The second-order valence-electron chi connectivity index (χ2n) is 4.25. The minimum absolute atomic E-state index is 0.163. The number of hydrogen-bond donors (Lipinski definition) is 2. The molecule has 7 heteroatoms. The van der Waals surface area contributed by atoms with Crippen LogP contribution in [0.5, 0.6) is 5.75 Å². The molecule has 0 unspecified atom stereocenters. The lowest BCUT2D eigenvalue weighted by Crippen LogP contribution is -2.24. The van der Waals surface area contributed by atoms with Gasteiger partial charge in [-0.1, -0.05) is 0 Å². The van der Waals surface area contributed by atoms with Crippen LogP contribution in [0.4, 0.5) is 5.69 Å². The van der Waals surface area contributed by atoms with E-state index in [4.69, 9.17) is 0 Å². The van der Waals surface area contributed by atoms with Crippen LogP contribution >= 0.6 is 0 Å². The minimum atomic E-state index is -0.656. The third-order valence-electron chi connectivity index (χ3n) is 2.90. The van der Waals surface area contributed by atoms with Crippen molar-refractivity contribution in [3.8, 4) is 5.75 Å². The summed E-state index contributed by atoms with van der Waals surface area (Å²) in [6, 6.07) is 7.02. The molecule has 0 aliphatic heterocycles. The molecule has 2 N–H and O–H groups in total. The Hall–Kier alpha value is -2.83. The van der Waals surface area contributed by atoms with Crippen molar-refractivity contribution < 1.29 is 14.8 Å². The summed E-state index contributed by atoms with van der Waals surface area (Å²) in [6.07, 6.45) is 1.83. The fraction of sp³-hybridized carbons (Fsp3) is 0.154. The Labute approximate surface area is 114 Å². The fourth-order valence-corrected chi connectivity index (χ4v) is 1.81. The zero-order valence-electron chi connectivity index (χ0n) is 10.7. The SMILES string of the molecule is Cn1cccc1CNC(=O)c1cc(O)ccc1[N+](=O)[O-]. The molecule has 104 valence electrons. The lowest BCUT2D eigenvalue weighted by atomic mass is 10.1. The van der Waals surface area contributed by atoms with Crippen molar-refractivity contribution in [2.75, 3.05) is 0 Å². The Bertz CT molecular complexity index is 663. The van der Waals surface area contributed by atoms with Gasteiger partial charge >= 0.3 is 0 Å². The Morgan fingerprint density at radius 2 is 2.20 bits per heavy atom. The van der Waals surface area contributed by atoms with E-state index >= 15 is 0 Å². The van der Waals surface area contributed by atoms with Crippen molar-refractivity contribution >= 4 is 11.6 Å². The molecule has 0 fully saturated rings. The Morgan fingerprint density at radius 1 is 1.45 bits per heavy atom. The average molecular weight is 275 g/mol. The van der Waals surface area contributed by atoms with Gasteiger partial charge in [-0.05, 0) is 24.3 Å². The van der Waals surface area contributed by atoms with E-state index in [1.807, 2.05) is 29.9 Å². The molecule has 1 heterocycles. The highest BCUT2D eigenvalue weighted by Crippen LogP contribution is 2.23. The van der Waals surface area contributed by atoms with Gasteiger partial charge in [-0.2, -0.15) is 0 Å². The predicted molar refractivity (Wildman–Crippen MR) is 71.3 cm³/mol. The quantitative estimate of drug-likeness (QED) is 0.653. The van der Waals surface area contributed by atoms with E-state index in [0.29, 0.717) is 0 Å². The molecule has 7 nitrogen and oxygen atoms in total. The van der Waals surface area contributed by atoms with E-state index in [9.17, 15) is 20.0 Å². The molecule has 0 bridgehead atoms. The first-order valence-corrected chi connectivity index (χ1v) is 5.85. The van der Waals surface area contributed by atoms with Gasteiger partial charge in [0.2, 0.25) is 0 Å². The highest BCUT2D eigenvalue weighted by Gasteiger charge is 2.20. The van der Waals surface area contributed by atoms with Crippen LogP contribution in [0.2, 0.25) is 0 Å². The number of rotatable bonds is 4. The number of nitro groups is 1. The summed E-state index contributed by atoms with van der Waals surface area (Å²) in [5, 5.41) is 22.8. The molecule has 0 aliphatic rings. The summed E-state index contributed by atoms with van der Waals surface area (Å²) < 4.78 is 1.83. The van der Waals surface area contributed by atoms with Gasteiger partial charge in [0, 0.05) is 25.0 Å². The molecular weight excluding hydrogens is 262 g/mol. The standard InChI is InChI=1S/C13H13N3O4/c1-15-6-2-3-9(15)8-14-13(18)11-7-10(17)4-5-12(11)16(19)20/h2-7,17H,8H2,1H3,(H,14,18). The zero-order chi connectivity index (χ0) is 14.7. The van der Waals surface area contributed by atoms with Crippen molar-refractivity contribution in [3.63, 3.8) is 0 Å². The lowest BCUT2D eigenvalue weighted by molar-refractivity contribution is -0.385. The first-order chi connectivity index (χ1) is 9.49. The van der Waals surface area contributed by atoms with Crippen LogP contribution in [0.25, 0.3) is 0 Å². The largest absolute Gasteiger partial charge is 0.508 e. The van der Waals surface area contributed by atoms with Gasteiger partial charge in [-0.15, -0.1) is 0 Å². The van der Waals surface area contributed by atoms with E-state index in [-0.39, 0.29) is 23.5 Å². The third-order valence-corrected chi connectivity index (χ3v) is 2.90. The highest BCUT2D eigenvalue weighted by atomic mass is 16.6. The molecule has 0 saturated heterocycles. The molecule has 2 aromatic rings. The molecule has 0 atom stereocenters. The summed E-state index contributed by atoms with van der Waals surface area (Å²) in [4.78, 5) is 22.2. The number of amides is 1. The first-order valence-electron chi connectivity index (χ1n) is 5.85. The average Bonchev–Trinajstić information content (AvgIpc) is 2.81. The molecule has 0 saturated carbocycles. The maximum Gasteiger partial charge on any atom is 0.282 e. The van der Waals surface area contributed by atoms with Crippen molar-refractivity contribution in [1.82, 2.24) is 9.88 Å². The van der Waals surface area contributed by atoms with Crippen molar-refractivity contribution in [2.24, 2.45) is 7.05 Å². The van der Waals surface area contributed by atoms with E-state index < -0.39 is 10.8 Å². The minimum Gasteiger partial charge on any atom is -0.508 e. The van der Waals surface area contributed by atoms with Crippen LogP contribution in [0.3, 0.4) is 0 Å². The summed E-state index contributed by atoms with van der Waals surface area (Å²) in [6.45, 7) is 0.245. The molecule has 2 rings (SSSR count). The number of aromatic nitrogens is 1. The number of carbonyl (C=O) groups excluding carboxylic acids is 1. The van der Waals surface area contributed by atoms with Crippen molar-refractivity contribution in [1.29, 1.82) is 0 Å². The van der Waals surface area contributed by atoms with Gasteiger partial charge in [0.1, 0.15) is 11.3 Å². The van der Waals surface area contributed by atoms with Gasteiger partial charge in [0.05, 0.1) is 11.5 Å². The number of aryl methyl sites for hydroxylation is 1. The van der Waals surface area contributed by atoms with E-state index in [1.54, 1.807) is 0 Å². The maximum absolute atomic E-state index is 12.0. The summed E-state index contributed by atoms with van der Waals surface area (Å²) in [5.74, 6) is -0.798. The lowest BCUT2D eigenvalue weighted by Gasteiger charge is -2.07. The Morgan fingerprint density at radius 3 is 2.80 bits per heavy atom. The normalized spacial score (nSPS) is 10.2. The second kappa shape index (κ2) is 5.43. The van der Waals surface area contributed by atoms with Crippen molar-refractivity contribution in [3.05, 3.63) is 57.9 Å². The van der Waals surface area contributed by atoms with E-state index in [1.165, 1.54) is 6.07 Å². The van der Waals surface area contributed by atoms with Crippen LogP contribution in [0.1, 0.15) is 16.1 Å². The molecule has 1 aromatic heterocycles. The van der Waals surface area contributed by atoms with Gasteiger partial charge in [-0.3, -0.25) is 14.9 Å². The number of phenolic OH excluding ortho intramolecular Hbond substituents is 1. The Kier molecular flexibility index (Phi) is 3.69. The number of benzene rings is 1. The van der Waals surface area contributed by atoms with Crippen LogP contribution in [0, 0.1) is 10.1 Å².